The summed E-state index contributed by atoms with van der Waals surface area (Å²) in [6.45, 7) is 3.44. The van der Waals surface area contributed by atoms with Crippen LogP contribution in [0.2, 0.25) is 0 Å². The van der Waals surface area contributed by atoms with Gasteiger partial charge in [0.05, 0.1) is 25.9 Å². The van der Waals surface area contributed by atoms with Crippen molar-refractivity contribution < 1.29 is 28.3 Å². The first-order chi connectivity index (χ1) is 13.0. The van der Waals surface area contributed by atoms with Gasteiger partial charge in [-0.2, -0.15) is 0 Å². The van der Waals surface area contributed by atoms with Crippen molar-refractivity contribution in [2.24, 2.45) is 5.92 Å². The fourth-order valence-corrected chi connectivity index (χ4v) is 5.25. The third-order valence-electron chi connectivity index (χ3n) is 4.94. The van der Waals surface area contributed by atoms with E-state index >= 15 is 0 Å². The van der Waals surface area contributed by atoms with Gasteiger partial charge in [-0.3, -0.25) is 9.36 Å². The first-order valence-corrected chi connectivity index (χ1v) is 11.4. The van der Waals surface area contributed by atoms with Crippen molar-refractivity contribution in [2.75, 3.05) is 19.8 Å². The van der Waals surface area contributed by atoms with Gasteiger partial charge in [0.25, 0.3) is 0 Å². The van der Waals surface area contributed by atoms with E-state index in [4.69, 9.17) is 13.8 Å². The summed E-state index contributed by atoms with van der Waals surface area (Å²) in [7, 11) is -3.74. The molecule has 2 rings (SSSR count). The molecule has 1 aliphatic carbocycles. The van der Waals surface area contributed by atoms with Crippen molar-refractivity contribution in [1.82, 2.24) is 0 Å². The molecule has 0 amide bonds. The summed E-state index contributed by atoms with van der Waals surface area (Å²) in [5.74, 6) is -0.585. The minimum Gasteiger partial charge on any atom is -0.480 e. The highest BCUT2D eigenvalue weighted by Crippen LogP contribution is 2.53. The van der Waals surface area contributed by atoms with E-state index in [1.165, 1.54) is 5.56 Å². The number of ether oxygens (including phenoxy) is 1. The smallest absolute Gasteiger partial charge is 0.347 e. The molecule has 0 heterocycles. The number of hydrogen-bond acceptors (Lipinski definition) is 5. The fourth-order valence-electron chi connectivity index (χ4n) is 3.55. The molecule has 1 N–H and O–H groups in total. The number of carboxylic acid groups (broad SMARTS) is 1. The number of carbonyl (C=O) groups is 1. The van der Waals surface area contributed by atoms with Crippen molar-refractivity contribution in [3.05, 3.63) is 35.9 Å². The Bertz CT molecular complexity index is 602. The minimum absolute atomic E-state index is 0.00410. The monoisotopic (exact) mass is 398 g/mol. The molecule has 27 heavy (non-hydrogen) atoms. The van der Waals surface area contributed by atoms with E-state index in [1.54, 1.807) is 13.8 Å². The largest absolute Gasteiger partial charge is 0.480 e. The van der Waals surface area contributed by atoms with Gasteiger partial charge in [0.15, 0.2) is 5.66 Å². The van der Waals surface area contributed by atoms with E-state index in [-0.39, 0.29) is 25.9 Å². The molecule has 1 unspecified atom stereocenters. The van der Waals surface area contributed by atoms with Crippen LogP contribution in [-0.2, 0) is 29.6 Å². The van der Waals surface area contributed by atoms with E-state index in [0.717, 1.165) is 32.1 Å². The molecule has 1 fully saturated rings. The highest BCUT2D eigenvalue weighted by atomic mass is 31.2. The van der Waals surface area contributed by atoms with Crippen LogP contribution in [0, 0.1) is 5.92 Å². The molecule has 1 saturated carbocycles. The Morgan fingerprint density at radius 2 is 1.70 bits per heavy atom. The van der Waals surface area contributed by atoms with Gasteiger partial charge < -0.3 is 18.9 Å². The summed E-state index contributed by atoms with van der Waals surface area (Å²) < 4.78 is 29.0. The molecular weight excluding hydrogens is 367 g/mol. The number of aliphatic carboxylic acids is 1. The summed E-state index contributed by atoms with van der Waals surface area (Å²) in [5, 5.41) is 9.49. The molecule has 1 aliphatic rings. The number of rotatable bonds is 11. The molecule has 0 spiro atoms. The molecule has 152 valence electrons. The summed E-state index contributed by atoms with van der Waals surface area (Å²) in [5.41, 5.74) is 0.0571. The van der Waals surface area contributed by atoms with Gasteiger partial charge in [-0.1, -0.05) is 30.3 Å². The molecule has 6 nitrogen and oxygen atoms in total. The summed E-state index contributed by atoms with van der Waals surface area (Å²) in [4.78, 5) is 11.6. The molecule has 0 radical (unpaired) electrons. The average Bonchev–Trinajstić information content (AvgIpc) is 2.64. The zero-order valence-electron chi connectivity index (χ0n) is 16.2. The summed E-state index contributed by atoms with van der Waals surface area (Å²) in [6, 6.07) is 10.4. The standard InChI is InChI=1S/C20H31O6P/c1-3-25-27(23,26-4-2)19(20(21)22)15-24-18-12-10-17(11-13-18)14-16-8-6-5-7-9-16/h5-9,17-19H,3-4,10-15H2,1-2H3,(H,21,22). The summed E-state index contributed by atoms with van der Waals surface area (Å²) >= 11 is 0. The van der Waals surface area contributed by atoms with E-state index in [1.807, 2.05) is 6.07 Å². The van der Waals surface area contributed by atoms with Crippen LogP contribution >= 0.6 is 7.60 Å². The predicted molar refractivity (Wildman–Crippen MR) is 104 cm³/mol. The van der Waals surface area contributed by atoms with Gasteiger partial charge in [-0.05, 0) is 57.4 Å². The number of carboxylic acids is 1. The Labute approximate surface area is 161 Å². The predicted octanol–water partition coefficient (Wildman–Crippen LogP) is 4.52. The fraction of sp³-hybridized carbons (Fsp3) is 0.650. The molecule has 1 atom stereocenters. The van der Waals surface area contributed by atoms with Gasteiger partial charge >= 0.3 is 13.6 Å². The van der Waals surface area contributed by atoms with E-state index in [2.05, 4.69) is 24.3 Å². The SMILES string of the molecule is CCOP(=O)(OCC)C(COC1CCC(Cc2ccccc2)CC1)C(=O)O. The zero-order chi connectivity index (χ0) is 19.7. The molecule has 0 bridgehead atoms. The number of hydrogen-bond donors (Lipinski definition) is 1. The van der Waals surface area contributed by atoms with Crippen LogP contribution in [0.5, 0.6) is 0 Å². The lowest BCUT2D eigenvalue weighted by molar-refractivity contribution is -0.139. The van der Waals surface area contributed by atoms with Gasteiger partial charge in [0.1, 0.15) is 0 Å². The second-order valence-corrected chi connectivity index (χ2v) is 9.11. The van der Waals surface area contributed by atoms with Crippen molar-refractivity contribution in [3.8, 4) is 0 Å². The lowest BCUT2D eigenvalue weighted by atomic mass is 9.83. The normalized spacial score (nSPS) is 21.7. The van der Waals surface area contributed by atoms with E-state index in [0.29, 0.717) is 5.92 Å². The van der Waals surface area contributed by atoms with Crippen LogP contribution in [0.25, 0.3) is 0 Å². The van der Waals surface area contributed by atoms with Crippen LogP contribution in [0.1, 0.15) is 45.1 Å². The highest BCUT2D eigenvalue weighted by molar-refractivity contribution is 7.55. The lowest BCUT2D eigenvalue weighted by Gasteiger charge is -2.30. The van der Waals surface area contributed by atoms with Crippen molar-refractivity contribution >= 4 is 13.6 Å². The Hall–Kier alpha value is -1.20. The molecule has 0 saturated heterocycles. The van der Waals surface area contributed by atoms with Crippen molar-refractivity contribution in [1.29, 1.82) is 0 Å². The molecule has 1 aromatic rings. The second-order valence-electron chi connectivity index (χ2n) is 6.90. The molecule has 0 aromatic heterocycles. The Morgan fingerprint density at radius 3 is 2.22 bits per heavy atom. The quantitative estimate of drug-likeness (QED) is 0.552. The maximum Gasteiger partial charge on any atom is 0.347 e. The first-order valence-electron chi connectivity index (χ1n) is 9.75. The second kappa shape index (κ2) is 11.0. The highest BCUT2D eigenvalue weighted by Gasteiger charge is 2.42. The third kappa shape index (κ3) is 6.72. The Kier molecular flexibility index (Phi) is 8.97. The van der Waals surface area contributed by atoms with Crippen LogP contribution < -0.4 is 0 Å². The molecular formula is C20H31O6P. The molecule has 0 aliphatic heterocycles. The first kappa shape index (κ1) is 22.1. The maximum absolute atomic E-state index is 12.8. The van der Waals surface area contributed by atoms with Gasteiger partial charge in [-0.15, -0.1) is 0 Å². The molecule has 7 heteroatoms. The Balaban J connectivity index is 1.84. The minimum atomic E-state index is -3.74. The van der Waals surface area contributed by atoms with Crippen LogP contribution in [0.15, 0.2) is 30.3 Å². The topological polar surface area (TPSA) is 82.1 Å². The number of benzene rings is 1. The van der Waals surface area contributed by atoms with Crippen molar-refractivity contribution in [3.63, 3.8) is 0 Å². The molecule has 1 aromatic carbocycles. The van der Waals surface area contributed by atoms with E-state index < -0.39 is 19.2 Å². The van der Waals surface area contributed by atoms with E-state index in [9.17, 15) is 14.5 Å². The van der Waals surface area contributed by atoms with Crippen LogP contribution in [0.4, 0.5) is 0 Å². The van der Waals surface area contributed by atoms with Gasteiger partial charge in [0, 0.05) is 0 Å². The zero-order valence-corrected chi connectivity index (χ0v) is 17.1. The Morgan fingerprint density at radius 1 is 1.11 bits per heavy atom. The summed E-state index contributed by atoms with van der Waals surface area (Å²) in [6.07, 6.45) is 4.93. The average molecular weight is 398 g/mol. The van der Waals surface area contributed by atoms with Crippen LogP contribution in [-0.4, -0.2) is 42.7 Å². The van der Waals surface area contributed by atoms with Gasteiger partial charge in [-0.25, -0.2) is 0 Å². The van der Waals surface area contributed by atoms with Crippen molar-refractivity contribution in [2.45, 2.75) is 57.7 Å². The maximum atomic E-state index is 12.8. The third-order valence-corrected chi connectivity index (χ3v) is 7.31. The van der Waals surface area contributed by atoms with Crippen LogP contribution in [0.3, 0.4) is 0 Å². The lowest BCUT2D eigenvalue weighted by Crippen LogP contribution is -2.32. The van der Waals surface area contributed by atoms with Gasteiger partial charge in [0.2, 0.25) is 0 Å².